The van der Waals surface area contributed by atoms with E-state index in [4.69, 9.17) is 4.74 Å². The lowest BCUT2D eigenvalue weighted by molar-refractivity contribution is -0.0708. The van der Waals surface area contributed by atoms with E-state index in [1.54, 1.807) is 0 Å². The quantitative estimate of drug-likeness (QED) is 0.756. The predicted molar refractivity (Wildman–Crippen MR) is 99.1 cm³/mol. The third-order valence-corrected chi connectivity index (χ3v) is 5.27. The molecule has 2 rings (SSSR count). The van der Waals surface area contributed by atoms with Crippen molar-refractivity contribution >= 4 is 0 Å². The summed E-state index contributed by atoms with van der Waals surface area (Å²) in [5.74, 6) is 0.678. The van der Waals surface area contributed by atoms with Crippen LogP contribution in [0.2, 0.25) is 0 Å². The normalized spacial score (nSPS) is 24.6. The summed E-state index contributed by atoms with van der Waals surface area (Å²) in [5, 5.41) is 0. The van der Waals surface area contributed by atoms with Crippen LogP contribution in [-0.4, -0.2) is 36.7 Å². The molecular formula is C21H35NO. The second-order valence-corrected chi connectivity index (χ2v) is 8.22. The molecule has 0 unspecified atom stereocenters. The van der Waals surface area contributed by atoms with Gasteiger partial charge in [0, 0.05) is 19.6 Å². The summed E-state index contributed by atoms with van der Waals surface area (Å²) in [5.41, 5.74) is 3.19. The highest BCUT2D eigenvalue weighted by Gasteiger charge is 2.23. The van der Waals surface area contributed by atoms with Crippen LogP contribution >= 0.6 is 0 Å². The zero-order valence-electron chi connectivity index (χ0n) is 15.9. The maximum Gasteiger partial charge on any atom is 0.0678 e. The number of hydrogen-bond donors (Lipinski definition) is 0. The lowest BCUT2D eigenvalue weighted by Crippen LogP contribution is -2.47. The van der Waals surface area contributed by atoms with Crippen LogP contribution in [0.3, 0.4) is 0 Å². The summed E-state index contributed by atoms with van der Waals surface area (Å²) in [4.78, 5) is 2.57. The molecule has 0 spiro atoms. The van der Waals surface area contributed by atoms with Gasteiger partial charge in [0.25, 0.3) is 0 Å². The van der Waals surface area contributed by atoms with Crippen LogP contribution in [0.15, 0.2) is 24.3 Å². The van der Waals surface area contributed by atoms with Crippen molar-refractivity contribution in [2.24, 2.45) is 5.92 Å². The number of rotatable bonds is 6. The average molecular weight is 318 g/mol. The molecule has 0 saturated carbocycles. The number of benzene rings is 1. The molecule has 1 aromatic rings. The van der Waals surface area contributed by atoms with E-state index in [9.17, 15) is 0 Å². The maximum absolute atomic E-state index is 5.83. The molecule has 3 atom stereocenters. The van der Waals surface area contributed by atoms with Gasteiger partial charge >= 0.3 is 0 Å². The van der Waals surface area contributed by atoms with Gasteiger partial charge in [0.15, 0.2) is 0 Å². The molecule has 0 N–H and O–H groups in total. The summed E-state index contributed by atoms with van der Waals surface area (Å²) in [6, 6.07) is 9.30. The van der Waals surface area contributed by atoms with Gasteiger partial charge in [-0.3, -0.25) is 4.90 Å². The van der Waals surface area contributed by atoms with E-state index < -0.39 is 0 Å². The number of nitrogens with zero attached hydrogens (tertiary/aromatic N) is 1. The number of morpholine rings is 1. The van der Waals surface area contributed by atoms with Gasteiger partial charge in [0.1, 0.15) is 0 Å². The molecule has 130 valence electrons. The predicted octanol–water partition coefficient (Wildman–Crippen LogP) is 4.66. The SMILES string of the molecule is CCC(C)(C)c1ccc(C[C@@H](C)CN2C[C@@H](C)O[C@H](C)C2)cc1. The Bertz CT molecular complexity index is 469. The van der Waals surface area contributed by atoms with Crippen molar-refractivity contribution < 1.29 is 4.74 Å². The molecular weight excluding hydrogens is 282 g/mol. The van der Waals surface area contributed by atoms with E-state index in [0.29, 0.717) is 18.1 Å². The minimum atomic E-state index is 0.282. The fourth-order valence-electron chi connectivity index (χ4n) is 3.64. The van der Waals surface area contributed by atoms with Gasteiger partial charge < -0.3 is 4.74 Å². The van der Waals surface area contributed by atoms with Crippen molar-refractivity contribution in [1.82, 2.24) is 4.90 Å². The molecule has 0 radical (unpaired) electrons. The summed E-state index contributed by atoms with van der Waals surface area (Å²) >= 11 is 0. The topological polar surface area (TPSA) is 12.5 Å². The Labute approximate surface area is 143 Å². The van der Waals surface area contributed by atoms with Crippen molar-refractivity contribution in [2.45, 2.75) is 72.0 Å². The Morgan fingerprint density at radius 2 is 1.70 bits per heavy atom. The van der Waals surface area contributed by atoms with Crippen molar-refractivity contribution in [3.63, 3.8) is 0 Å². The first kappa shape index (κ1) is 18.5. The molecule has 0 amide bonds. The first-order chi connectivity index (χ1) is 10.8. The lowest BCUT2D eigenvalue weighted by Gasteiger charge is -2.36. The highest BCUT2D eigenvalue weighted by molar-refractivity contribution is 5.28. The van der Waals surface area contributed by atoms with Crippen LogP contribution in [0, 0.1) is 5.92 Å². The zero-order valence-corrected chi connectivity index (χ0v) is 15.9. The molecule has 1 aromatic carbocycles. The number of hydrogen-bond acceptors (Lipinski definition) is 2. The molecule has 0 aliphatic carbocycles. The molecule has 23 heavy (non-hydrogen) atoms. The van der Waals surface area contributed by atoms with Crippen molar-refractivity contribution in [3.8, 4) is 0 Å². The van der Waals surface area contributed by atoms with Crippen LogP contribution in [0.4, 0.5) is 0 Å². The first-order valence-electron chi connectivity index (χ1n) is 9.27. The molecule has 1 aliphatic rings. The highest BCUT2D eigenvalue weighted by atomic mass is 16.5. The Balaban J connectivity index is 1.89. The molecule has 1 saturated heterocycles. The summed E-state index contributed by atoms with van der Waals surface area (Å²) in [6.07, 6.45) is 3.06. The largest absolute Gasteiger partial charge is 0.373 e. The molecule has 0 aromatic heterocycles. The third kappa shape index (κ3) is 5.32. The zero-order chi connectivity index (χ0) is 17.0. The minimum absolute atomic E-state index is 0.282. The van der Waals surface area contributed by atoms with Crippen molar-refractivity contribution in [2.75, 3.05) is 19.6 Å². The van der Waals surface area contributed by atoms with Gasteiger partial charge in [-0.1, -0.05) is 52.0 Å². The van der Waals surface area contributed by atoms with Crippen LogP contribution in [0.1, 0.15) is 59.1 Å². The lowest BCUT2D eigenvalue weighted by atomic mass is 9.82. The van der Waals surface area contributed by atoms with E-state index in [2.05, 4.69) is 70.7 Å². The van der Waals surface area contributed by atoms with E-state index in [-0.39, 0.29) is 5.41 Å². The van der Waals surface area contributed by atoms with E-state index in [1.807, 2.05) is 0 Å². The second kappa shape index (κ2) is 7.81. The van der Waals surface area contributed by atoms with Crippen LogP contribution in [0.5, 0.6) is 0 Å². The third-order valence-electron chi connectivity index (χ3n) is 5.27. The van der Waals surface area contributed by atoms with E-state index >= 15 is 0 Å². The van der Waals surface area contributed by atoms with Crippen LogP contribution in [0.25, 0.3) is 0 Å². The van der Waals surface area contributed by atoms with Gasteiger partial charge in [0.05, 0.1) is 12.2 Å². The Morgan fingerprint density at radius 1 is 1.13 bits per heavy atom. The molecule has 2 heteroatoms. The van der Waals surface area contributed by atoms with Gasteiger partial charge in [-0.25, -0.2) is 0 Å². The monoisotopic (exact) mass is 317 g/mol. The summed E-state index contributed by atoms with van der Waals surface area (Å²) < 4.78 is 5.83. The van der Waals surface area contributed by atoms with Gasteiger partial charge in [-0.05, 0) is 49.1 Å². The van der Waals surface area contributed by atoms with Gasteiger partial charge in [-0.2, -0.15) is 0 Å². The molecule has 1 fully saturated rings. The maximum atomic E-state index is 5.83. The minimum Gasteiger partial charge on any atom is -0.373 e. The Kier molecular flexibility index (Phi) is 6.27. The highest BCUT2D eigenvalue weighted by Crippen LogP contribution is 2.27. The van der Waals surface area contributed by atoms with Crippen LogP contribution in [-0.2, 0) is 16.6 Å². The van der Waals surface area contributed by atoms with E-state index in [1.165, 1.54) is 24.1 Å². The first-order valence-corrected chi connectivity index (χ1v) is 9.27. The standard InChI is InChI=1S/C21H35NO/c1-7-21(5,6)20-10-8-19(9-11-20)12-16(2)13-22-14-17(3)23-18(4)15-22/h8-11,16-18H,7,12-15H2,1-6H3/t16-,17-,18-/m1/s1. The molecule has 0 bridgehead atoms. The van der Waals surface area contributed by atoms with Crippen molar-refractivity contribution in [1.29, 1.82) is 0 Å². The fourth-order valence-corrected chi connectivity index (χ4v) is 3.64. The Morgan fingerprint density at radius 3 is 2.22 bits per heavy atom. The second-order valence-electron chi connectivity index (χ2n) is 8.22. The molecule has 2 nitrogen and oxygen atoms in total. The smallest absolute Gasteiger partial charge is 0.0678 e. The summed E-state index contributed by atoms with van der Waals surface area (Å²) in [6.45, 7) is 17.0. The molecule has 1 aliphatic heterocycles. The average Bonchev–Trinajstić information content (AvgIpc) is 2.46. The number of ether oxygens (including phenoxy) is 1. The molecule has 1 heterocycles. The van der Waals surface area contributed by atoms with E-state index in [0.717, 1.165) is 19.5 Å². The van der Waals surface area contributed by atoms with Crippen molar-refractivity contribution in [3.05, 3.63) is 35.4 Å². The van der Waals surface area contributed by atoms with Gasteiger partial charge in [-0.15, -0.1) is 0 Å². The summed E-state index contributed by atoms with van der Waals surface area (Å²) in [7, 11) is 0. The van der Waals surface area contributed by atoms with Crippen LogP contribution < -0.4 is 0 Å². The fraction of sp³-hybridized carbons (Fsp3) is 0.714. The Hall–Kier alpha value is -0.860. The van der Waals surface area contributed by atoms with Gasteiger partial charge in [0.2, 0.25) is 0 Å².